The van der Waals surface area contributed by atoms with E-state index in [1.54, 1.807) is 24.3 Å². The van der Waals surface area contributed by atoms with Gasteiger partial charge in [0, 0.05) is 21.7 Å². The van der Waals surface area contributed by atoms with Crippen molar-refractivity contribution >= 4 is 38.7 Å². The van der Waals surface area contributed by atoms with Crippen LogP contribution in [0.3, 0.4) is 0 Å². The van der Waals surface area contributed by atoms with Gasteiger partial charge in [-0.05, 0) is 85.0 Å². The summed E-state index contributed by atoms with van der Waals surface area (Å²) in [6.07, 6.45) is 1.42. The van der Waals surface area contributed by atoms with E-state index in [9.17, 15) is 14.9 Å². The lowest BCUT2D eigenvalue weighted by Crippen LogP contribution is -2.21. The number of nitro benzene ring substituents is 1. The molecule has 224 valence electrons. The average molecular weight is 656 g/mol. The topological polar surface area (TPSA) is 109 Å². The van der Waals surface area contributed by atoms with Gasteiger partial charge in [0.25, 0.3) is 5.56 Å². The SMILES string of the molecule is CCOc1cc(C)c(-c2nc3ccccc3c(=O)n2N=Cc2ccc(OCc3ccc(Br)cc3)c([N+](=O)[O-])c2)cc1C(C)C. The van der Waals surface area contributed by atoms with E-state index in [0.717, 1.165) is 32.5 Å². The van der Waals surface area contributed by atoms with Crippen molar-refractivity contribution in [3.8, 4) is 22.9 Å². The zero-order chi connectivity index (χ0) is 31.4. The molecule has 10 heteroatoms. The summed E-state index contributed by atoms with van der Waals surface area (Å²) in [6, 6.07) is 23.1. The number of aromatic nitrogens is 2. The Morgan fingerprint density at radius 1 is 1.02 bits per heavy atom. The molecular weight excluding hydrogens is 624 g/mol. The van der Waals surface area contributed by atoms with Gasteiger partial charge in [-0.15, -0.1) is 0 Å². The van der Waals surface area contributed by atoms with Crippen LogP contribution in [-0.2, 0) is 6.61 Å². The van der Waals surface area contributed by atoms with E-state index in [1.165, 1.54) is 23.0 Å². The molecule has 0 spiro atoms. The predicted octanol–water partition coefficient (Wildman–Crippen LogP) is 8.03. The summed E-state index contributed by atoms with van der Waals surface area (Å²) in [5.41, 5.74) is 3.86. The molecule has 0 unspecified atom stereocenters. The second-order valence-electron chi connectivity index (χ2n) is 10.5. The third kappa shape index (κ3) is 6.55. The molecule has 0 N–H and O–H groups in total. The highest BCUT2D eigenvalue weighted by atomic mass is 79.9. The Balaban J connectivity index is 1.57. The quantitative estimate of drug-likeness (QED) is 0.0857. The maximum atomic E-state index is 13.8. The molecule has 5 rings (SSSR count). The number of fused-ring (bicyclic) bond motifs is 1. The average Bonchev–Trinajstić information content (AvgIpc) is 3.00. The minimum atomic E-state index is -0.500. The number of hydrogen-bond donors (Lipinski definition) is 0. The van der Waals surface area contributed by atoms with Crippen molar-refractivity contribution in [1.82, 2.24) is 9.66 Å². The molecule has 0 aliphatic heterocycles. The van der Waals surface area contributed by atoms with Crippen molar-refractivity contribution in [3.05, 3.63) is 126 Å². The highest BCUT2D eigenvalue weighted by molar-refractivity contribution is 9.10. The maximum Gasteiger partial charge on any atom is 0.311 e. The number of halogens is 1. The summed E-state index contributed by atoms with van der Waals surface area (Å²) >= 11 is 3.39. The van der Waals surface area contributed by atoms with Crippen LogP contribution in [0.5, 0.6) is 11.5 Å². The maximum absolute atomic E-state index is 13.8. The lowest BCUT2D eigenvalue weighted by Gasteiger charge is -2.18. The largest absolute Gasteiger partial charge is 0.494 e. The minimum Gasteiger partial charge on any atom is -0.494 e. The van der Waals surface area contributed by atoms with Gasteiger partial charge in [0.2, 0.25) is 0 Å². The number of nitro groups is 1. The number of aryl methyl sites for hydroxylation is 1. The van der Waals surface area contributed by atoms with E-state index < -0.39 is 4.92 Å². The third-order valence-corrected chi connectivity index (χ3v) is 7.61. The van der Waals surface area contributed by atoms with Gasteiger partial charge in [-0.25, -0.2) is 4.98 Å². The summed E-state index contributed by atoms with van der Waals surface area (Å²) in [4.78, 5) is 30.1. The molecule has 0 amide bonds. The fourth-order valence-corrected chi connectivity index (χ4v) is 5.09. The lowest BCUT2D eigenvalue weighted by molar-refractivity contribution is -0.385. The molecule has 5 aromatic rings. The Labute approximate surface area is 263 Å². The van der Waals surface area contributed by atoms with Gasteiger partial charge >= 0.3 is 5.69 Å². The summed E-state index contributed by atoms with van der Waals surface area (Å²) in [5.74, 6) is 1.43. The molecule has 44 heavy (non-hydrogen) atoms. The molecule has 0 aliphatic rings. The number of para-hydroxylation sites is 1. The second-order valence-corrected chi connectivity index (χ2v) is 11.4. The molecule has 0 saturated heterocycles. The van der Waals surface area contributed by atoms with E-state index in [0.29, 0.717) is 28.9 Å². The van der Waals surface area contributed by atoms with Crippen LogP contribution in [0.25, 0.3) is 22.3 Å². The molecule has 0 bridgehead atoms. The van der Waals surface area contributed by atoms with Gasteiger partial charge in [0.05, 0.1) is 28.6 Å². The molecule has 0 aliphatic carbocycles. The monoisotopic (exact) mass is 654 g/mol. The van der Waals surface area contributed by atoms with Crippen LogP contribution in [0, 0.1) is 17.0 Å². The molecule has 0 radical (unpaired) electrons. The van der Waals surface area contributed by atoms with E-state index in [-0.39, 0.29) is 29.5 Å². The first-order valence-electron chi connectivity index (χ1n) is 14.2. The van der Waals surface area contributed by atoms with Crippen molar-refractivity contribution in [2.24, 2.45) is 5.10 Å². The standard InChI is InChI=1S/C34H31BrN4O5/c1-5-43-32-16-22(4)28(18-27(32)21(2)3)33-37-29-9-7-6-8-26(29)34(40)38(33)36-19-24-12-15-31(30(17-24)39(41)42)44-20-23-10-13-25(35)14-11-23/h6-19,21H,5,20H2,1-4H3. The van der Waals surface area contributed by atoms with Crippen molar-refractivity contribution < 1.29 is 14.4 Å². The zero-order valence-corrected chi connectivity index (χ0v) is 26.4. The zero-order valence-electron chi connectivity index (χ0n) is 24.8. The lowest BCUT2D eigenvalue weighted by atomic mass is 9.96. The number of rotatable bonds is 10. The van der Waals surface area contributed by atoms with Crippen molar-refractivity contribution in [3.63, 3.8) is 0 Å². The first kappa shape index (κ1) is 30.6. The van der Waals surface area contributed by atoms with Gasteiger partial charge < -0.3 is 9.47 Å². The smallest absolute Gasteiger partial charge is 0.311 e. The van der Waals surface area contributed by atoms with Crippen LogP contribution in [0.4, 0.5) is 5.69 Å². The molecule has 9 nitrogen and oxygen atoms in total. The van der Waals surface area contributed by atoms with Crippen LogP contribution in [0.1, 0.15) is 48.9 Å². The molecule has 0 atom stereocenters. The minimum absolute atomic E-state index is 0.131. The van der Waals surface area contributed by atoms with E-state index in [2.05, 4.69) is 34.9 Å². The second kappa shape index (κ2) is 13.2. The first-order valence-corrected chi connectivity index (χ1v) is 14.9. The number of benzene rings is 4. The fourth-order valence-electron chi connectivity index (χ4n) is 4.82. The molecule has 1 aromatic heterocycles. The molecule has 0 saturated carbocycles. The first-order chi connectivity index (χ1) is 21.2. The van der Waals surface area contributed by atoms with Gasteiger partial charge in [0.1, 0.15) is 12.4 Å². The molecule has 0 fully saturated rings. The van der Waals surface area contributed by atoms with E-state index >= 15 is 0 Å². The van der Waals surface area contributed by atoms with Crippen molar-refractivity contribution in [2.75, 3.05) is 6.61 Å². The highest BCUT2D eigenvalue weighted by Crippen LogP contribution is 2.34. The van der Waals surface area contributed by atoms with E-state index in [4.69, 9.17) is 14.5 Å². The number of ether oxygens (including phenoxy) is 2. The molecular formula is C34H31BrN4O5. The van der Waals surface area contributed by atoms with Crippen LogP contribution in [0.2, 0.25) is 0 Å². The summed E-state index contributed by atoms with van der Waals surface area (Å²) in [5, 5.41) is 16.9. The Kier molecular flexibility index (Phi) is 9.20. The van der Waals surface area contributed by atoms with Crippen LogP contribution >= 0.6 is 15.9 Å². The number of nitrogens with zero attached hydrogens (tertiary/aromatic N) is 4. The van der Waals surface area contributed by atoms with Gasteiger partial charge in [-0.3, -0.25) is 14.9 Å². The molecule has 1 heterocycles. The Morgan fingerprint density at radius 3 is 2.48 bits per heavy atom. The van der Waals surface area contributed by atoms with Crippen LogP contribution < -0.4 is 15.0 Å². The Morgan fingerprint density at radius 2 is 1.77 bits per heavy atom. The molecule has 4 aromatic carbocycles. The summed E-state index contributed by atoms with van der Waals surface area (Å²) < 4.78 is 13.9. The van der Waals surface area contributed by atoms with Crippen LogP contribution in [-0.4, -0.2) is 27.4 Å². The van der Waals surface area contributed by atoms with Crippen molar-refractivity contribution in [2.45, 2.75) is 40.2 Å². The summed E-state index contributed by atoms with van der Waals surface area (Å²) in [7, 11) is 0. The normalized spacial score (nSPS) is 11.4. The van der Waals surface area contributed by atoms with E-state index in [1.807, 2.05) is 56.3 Å². The Hall–Kier alpha value is -4.83. The predicted molar refractivity (Wildman–Crippen MR) is 176 cm³/mol. The van der Waals surface area contributed by atoms with Crippen LogP contribution in [0.15, 0.2) is 93.2 Å². The van der Waals surface area contributed by atoms with Gasteiger partial charge in [-0.1, -0.05) is 54.0 Å². The Bertz CT molecular complexity index is 1930. The summed E-state index contributed by atoms with van der Waals surface area (Å²) in [6.45, 7) is 8.74. The van der Waals surface area contributed by atoms with Gasteiger partial charge in [0.15, 0.2) is 11.6 Å². The van der Waals surface area contributed by atoms with Gasteiger partial charge in [-0.2, -0.15) is 9.78 Å². The van der Waals surface area contributed by atoms with Crippen molar-refractivity contribution in [1.29, 1.82) is 0 Å². The fraction of sp³-hybridized carbons (Fsp3) is 0.206. The third-order valence-electron chi connectivity index (χ3n) is 7.08. The number of hydrogen-bond acceptors (Lipinski definition) is 7. The highest BCUT2D eigenvalue weighted by Gasteiger charge is 2.19.